The van der Waals surface area contributed by atoms with Crippen LogP contribution in [0.5, 0.6) is 0 Å². The average molecular weight is 363 g/mol. The summed E-state index contributed by atoms with van der Waals surface area (Å²) in [5.74, 6) is 0. The van der Waals surface area contributed by atoms with E-state index in [1.165, 1.54) is 11.3 Å². The van der Waals surface area contributed by atoms with Crippen molar-refractivity contribution < 1.29 is 5.11 Å². The molecule has 0 amide bonds. The third-order valence-corrected chi connectivity index (χ3v) is 4.72. The van der Waals surface area contributed by atoms with Gasteiger partial charge in [0.25, 0.3) is 0 Å². The summed E-state index contributed by atoms with van der Waals surface area (Å²) in [5, 5.41) is 12.7. The van der Waals surface area contributed by atoms with Crippen LogP contribution in [0.2, 0.25) is 0 Å². The van der Waals surface area contributed by atoms with E-state index in [1.807, 2.05) is 30.5 Å². The largest absolute Gasteiger partial charge is 0.381 e. The second kappa shape index (κ2) is 4.96. The zero-order chi connectivity index (χ0) is 11.7. The first-order valence-corrected chi connectivity index (χ1v) is 7.09. The number of aliphatic hydroxyl groups excluding tert-OH is 1. The van der Waals surface area contributed by atoms with E-state index in [0.717, 1.165) is 20.2 Å². The van der Waals surface area contributed by atoms with Gasteiger partial charge >= 0.3 is 0 Å². The molecule has 1 unspecified atom stereocenters. The van der Waals surface area contributed by atoms with Crippen LogP contribution in [0.1, 0.15) is 22.2 Å². The zero-order valence-corrected chi connectivity index (χ0v) is 12.4. The number of aliphatic hydroxyl groups is 1. The van der Waals surface area contributed by atoms with Crippen LogP contribution < -0.4 is 0 Å². The van der Waals surface area contributed by atoms with Crippen LogP contribution in [0, 0.1) is 6.92 Å². The summed E-state index contributed by atoms with van der Waals surface area (Å²) in [4.78, 5) is 4.21. The molecule has 5 heteroatoms. The molecule has 1 aromatic carbocycles. The van der Waals surface area contributed by atoms with Crippen LogP contribution >= 0.6 is 43.2 Å². The minimum absolute atomic E-state index is 0.650. The quantitative estimate of drug-likeness (QED) is 0.873. The van der Waals surface area contributed by atoms with Gasteiger partial charge in [0.2, 0.25) is 0 Å². The van der Waals surface area contributed by atoms with Crippen molar-refractivity contribution in [3.8, 4) is 0 Å². The molecular weight excluding hydrogens is 354 g/mol. The molecule has 2 nitrogen and oxygen atoms in total. The van der Waals surface area contributed by atoms with Crippen molar-refractivity contribution in [2.75, 3.05) is 0 Å². The molecule has 16 heavy (non-hydrogen) atoms. The van der Waals surface area contributed by atoms with Crippen molar-refractivity contribution >= 4 is 43.2 Å². The smallest absolute Gasteiger partial charge is 0.131 e. The third kappa shape index (κ3) is 2.53. The van der Waals surface area contributed by atoms with Crippen molar-refractivity contribution in [1.29, 1.82) is 0 Å². The second-order valence-electron chi connectivity index (χ2n) is 3.42. The van der Waals surface area contributed by atoms with Gasteiger partial charge in [-0.05, 0) is 40.0 Å². The summed E-state index contributed by atoms with van der Waals surface area (Å²) in [5.41, 5.74) is 1.97. The summed E-state index contributed by atoms with van der Waals surface area (Å²) in [7, 11) is 0. The Labute approximate surface area is 115 Å². The fourth-order valence-corrected chi connectivity index (χ4v) is 2.90. The number of aromatic nitrogens is 1. The number of nitrogens with zero attached hydrogens (tertiary/aromatic N) is 1. The molecule has 0 saturated carbocycles. The summed E-state index contributed by atoms with van der Waals surface area (Å²) >= 11 is 8.16. The number of rotatable bonds is 2. The Balaban J connectivity index is 2.33. The van der Waals surface area contributed by atoms with Gasteiger partial charge in [0.05, 0.1) is 0 Å². The highest BCUT2D eigenvalue weighted by molar-refractivity contribution is 9.10. The predicted molar refractivity (Wildman–Crippen MR) is 72.8 cm³/mol. The number of aryl methyl sites for hydroxylation is 1. The van der Waals surface area contributed by atoms with E-state index >= 15 is 0 Å². The lowest BCUT2D eigenvalue weighted by Gasteiger charge is -2.09. The molecule has 2 rings (SSSR count). The maximum absolute atomic E-state index is 10.1. The maximum Gasteiger partial charge on any atom is 0.131 e. The Hall–Kier alpha value is -0.230. The van der Waals surface area contributed by atoms with E-state index in [1.54, 1.807) is 0 Å². The first-order chi connectivity index (χ1) is 7.58. The normalized spacial score (nSPS) is 12.8. The van der Waals surface area contributed by atoms with E-state index in [-0.39, 0.29) is 0 Å². The van der Waals surface area contributed by atoms with Gasteiger partial charge in [-0.3, -0.25) is 0 Å². The van der Waals surface area contributed by atoms with Gasteiger partial charge in [0, 0.05) is 9.85 Å². The van der Waals surface area contributed by atoms with E-state index in [2.05, 4.69) is 36.8 Å². The monoisotopic (exact) mass is 361 g/mol. The molecule has 1 N–H and O–H groups in total. The molecule has 84 valence electrons. The van der Waals surface area contributed by atoms with Gasteiger partial charge in [0.15, 0.2) is 0 Å². The van der Waals surface area contributed by atoms with Gasteiger partial charge in [0.1, 0.15) is 15.7 Å². The molecule has 0 saturated heterocycles. The fraction of sp³-hybridized carbons (Fsp3) is 0.182. The van der Waals surface area contributed by atoms with Crippen molar-refractivity contribution in [2.45, 2.75) is 13.0 Å². The van der Waals surface area contributed by atoms with Gasteiger partial charge in [-0.2, -0.15) is 0 Å². The van der Waals surface area contributed by atoms with E-state index < -0.39 is 6.10 Å². The van der Waals surface area contributed by atoms with Gasteiger partial charge < -0.3 is 5.11 Å². The van der Waals surface area contributed by atoms with E-state index in [4.69, 9.17) is 0 Å². The van der Waals surface area contributed by atoms with Crippen LogP contribution in [-0.4, -0.2) is 10.1 Å². The highest BCUT2D eigenvalue weighted by Crippen LogP contribution is 2.28. The van der Waals surface area contributed by atoms with Crippen LogP contribution in [0.25, 0.3) is 0 Å². The second-order valence-corrected chi connectivity index (χ2v) is 5.98. The number of hydrogen-bond donors (Lipinski definition) is 1. The standard InChI is InChI=1S/C11H9Br2NOS/c1-6-4-7(2-3-8(6)12)10(15)11-14-9(13)5-16-11/h2-5,10,15H,1H3. The number of thiazole rings is 1. The lowest BCUT2D eigenvalue weighted by Crippen LogP contribution is -1.99. The zero-order valence-electron chi connectivity index (χ0n) is 8.45. The molecule has 0 aliphatic rings. The maximum atomic E-state index is 10.1. The Bertz CT molecular complexity index is 512. The Kier molecular flexibility index (Phi) is 3.79. The average Bonchev–Trinajstić information content (AvgIpc) is 2.68. The predicted octanol–water partition coefficient (Wildman–Crippen LogP) is 4.06. The number of benzene rings is 1. The molecule has 1 heterocycles. The molecule has 0 bridgehead atoms. The molecule has 0 fully saturated rings. The first-order valence-electron chi connectivity index (χ1n) is 4.63. The highest BCUT2D eigenvalue weighted by Gasteiger charge is 2.14. The molecular formula is C11H9Br2NOS. The van der Waals surface area contributed by atoms with Gasteiger partial charge in [-0.25, -0.2) is 4.98 Å². The Morgan fingerprint density at radius 1 is 1.38 bits per heavy atom. The first kappa shape index (κ1) is 12.2. The lowest BCUT2D eigenvalue weighted by molar-refractivity contribution is 0.219. The molecule has 0 aliphatic carbocycles. The van der Waals surface area contributed by atoms with Crippen LogP contribution in [0.15, 0.2) is 32.7 Å². The molecule has 0 aliphatic heterocycles. The third-order valence-electron chi connectivity index (χ3n) is 2.23. The van der Waals surface area contributed by atoms with Crippen LogP contribution in [-0.2, 0) is 0 Å². The van der Waals surface area contributed by atoms with Crippen molar-refractivity contribution in [3.63, 3.8) is 0 Å². The van der Waals surface area contributed by atoms with Gasteiger partial charge in [-0.1, -0.05) is 28.1 Å². The van der Waals surface area contributed by atoms with E-state index in [9.17, 15) is 5.11 Å². The summed E-state index contributed by atoms with van der Waals surface area (Å²) < 4.78 is 1.81. The minimum atomic E-state index is -0.650. The SMILES string of the molecule is Cc1cc(C(O)c2nc(Br)cs2)ccc1Br. The minimum Gasteiger partial charge on any atom is -0.381 e. The topological polar surface area (TPSA) is 33.1 Å². The Morgan fingerprint density at radius 2 is 2.12 bits per heavy atom. The highest BCUT2D eigenvalue weighted by atomic mass is 79.9. The van der Waals surface area contributed by atoms with Crippen molar-refractivity contribution in [1.82, 2.24) is 4.98 Å². The van der Waals surface area contributed by atoms with E-state index in [0.29, 0.717) is 5.01 Å². The summed E-state index contributed by atoms with van der Waals surface area (Å²) in [6.07, 6.45) is -0.650. The van der Waals surface area contributed by atoms with Crippen LogP contribution in [0.3, 0.4) is 0 Å². The van der Waals surface area contributed by atoms with Crippen molar-refractivity contribution in [3.05, 3.63) is 48.8 Å². The van der Waals surface area contributed by atoms with Crippen LogP contribution in [0.4, 0.5) is 0 Å². The molecule has 0 radical (unpaired) electrons. The number of hydrogen-bond acceptors (Lipinski definition) is 3. The fourth-order valence-electron chi connectivity index (χ4n) is 1.37. The molecule has 0 spiro atoms. The van der Waals surface area contributed by atoms with Gasteiger partial charge in [-0.15, -0.1) is 11.3 Å². The lowest BCUT2D eigenvalue weighted by atomic mass is 10.1. The molecule has 1 aromatic heterocycles. The summed E-state index contributed by atoms with van der Waals surface area (Å²) in [6.45, 7) is 2.00. The molecule has 1 atom stereocenters. The molecule has 2 aromatic rings. The number of halogens is 2. The Morgan fingerprint density at radius 3 is 2.69 bits per heavy atom. The summed E-state index contributed by atoms with van der Waals surface area (Å²) in [6, 6.07) is 5.80. The van der Waals surface area contributed by atoms with Crippen molar-refractivity contribution in [2.24, 2.45) is 0 Å².